The topological polar surface area (TPSA) is 47.3 Å². The highest BCUT2D eigenvalue weighted by Crippen LogP contribution is 2.30. The molecule has 3 nitrogen and oxygen atoms in total. The number of ether oxygens (including phenoxy) is 1. The molecule has 3 unspecified atom stereocenters. The first-order valence-corrected chi connectivity index (χ1v) is 5.62. The molecule has 3 N–H and O–H groups in total. The van der Waals surface area contributed by atoms with E-state index >= 15 is 0 Å². The summed E-state index contributed by atoms with van der Waals surface area (Å²) in [6, 6.07) is -0.311. The quantitative estimate of drug-likeness (QED) is 0.570. The van der Waals surface area contributed by atoms with Gasteiger partial charge in [-0.25, -0.2) is 0 Å². The van der Waals surface area contributed by atoms with Crippen LogP contribution < -0.4 is 11.3 Å². The summed E-state index contributed by atoms with van der Waals surface area (Å²) >= 11 is 0. The molecule has 0 aliphatic carbocycles. The van der Waals surface area contributed by atoms with Crippen molar-refractivity contribution in [1.29, 1.82) is 0 Å². The zero-order valence-corrected chi connectivity index (χ0v) is 9.39. The molecule has 96 valence electrons. The Balaban J connectivity index is 2.47. The van der Waals surface area contributed by atoms with Gasteiger partial charge in [0.25, 0.3) is 0 Å². The van der Waals surface area contributed by atoms with Crippen LogP contribution in [0.15, 0.2) is 0 Å². The van der Waals surface area contributed by atoms with E-state index < -0.39 is 12.6 Å². The van der Waals surface area contributed by atoms with E-state index in [1.54, 1.807) is 0 Å². The van der Waals surface area contributed by atoms with E-state index in [9.17, 15) is 13.2 Å². The van der Waals surface area contributed by atoms with E-state index in [0.29, 0.717) is 6.61 Å². The van der Waals surface area contributed by atoms with Crippen molar-refractivity contribution >= 4 is 0 Å². The number of hydrogen-bond donors (Lipinski definition) is 2. The fourth-order valence-electron chi connectivity index (χ4n) is 2.29. The first kappa shape index (κ1) is 13.7. The smallest absolute Gasteiger partial charge is 0.378 e. The molecule has 0 radical (unpaired) electrons. The zero-order valence-electron chi connectivity index (χ0n) is 9.39. The predicted octanol–water partition coefficient (Wildman–Crippen LogP) is 1.98. The van der Waals surface area contributed by atoms with Gasteiger partial charge in [-0.1, -0.05) is 6.92 Å². The summed E-state index contributed by atoms with van der Waals surface area (Å²) in [5, 5.41) is 0. The second-order valence-corrected chi connectivity index (χ2v) is 4.20. The fraction of sp³-hybridized carbons (Fsp3) is 1.00. The third kappa shape index (κ3) is 3.92. The monoisotopic (exact) mass is 240 g/mol. The minimum Gasteiger partial charge on any atom is -0.378 e. The highest BCUT2D eigenvalue weighted by atomic mass is 19.4. The standard InChI is InChI=1S/C10H19F3N2O/c1-2-9-7(4-6-16-9)8(15-14)3-5-10(11,12)13/h7-9,15H,2-6,14H2,1H3. The number of hydrazine groups is 1. The van der Waals surface area contributed by atoms with Gasteiger partial charge in [-0.15, -0.1) is 0 Å². The van der Waals surface area contributed by atoms with Crippen molar-refractivity contribution in [2.75, 3.05) is 6.61 Å². The van der Waals surface area contributed by atoms with Gasteiger partial charge in [0.15, 0.2) is 0 Å². The van der Waals surface area contributed by atoms with Crippen molar-refractivity contribution in [1.82, 2.24) is 5.43 Å². The molecule has 0 aromatic heterocycles. The summed E-state index contributed by atoms with van der Waals surface area (Å²) in [6.45, 7) is 2.59. The van der Waals surface area contributed by atoms with E-state index in [1.807, 2.05) is 6.92 Å². The third-order valence-electron chi connectivity index (χ3n) is 3.13. The maximum absolute atomic E-state index is 12.1. The van der Waals surface area contributed by atoms with Crippen LogP contribution in [0, 0.1) is 5.92 Å². The summed E-state index contributed by atoms with van der Waals surface area (Å²) < 4.78 is 41.8. The molecule has 0 aromatic rings. The van der Waals surface area contributed by atoms with Gasteiger partial charge in [0.05, 0.1) is 6.10 Å². The molecule has 1 aliphatic heterocycles. The maximum Gasteiger partial charge on any atom is 0.389 e. The summed E-state index contributed by atoms with van der Waals surface area (Å²) in [6.07, 6.45) is -3.26. The van der Waals surface area contributed by atoms with E-state index in [2.05, 4.69) is 5.43 Å². The maximum atomic E-state index is 12.1. The number of alkyl halides is 3. The second kappa shape index (κ2) is 5.84. The van der Waals surface area contributed by atoms with Crippen LogP contribution in [0.25, 0.3) is 0 Å². The first-order valence-electron chi connectivity index (χ1n) is 5.62. The largest absolute Gasteiger partial charge is 0.389 e. The Morgan fingerprint density at radius 1 is 1.50 bits per heavy atom. The summed E-state index contributed by atoms with van der Waals surface area (Å²) in [7, 11) is 0. The lowest BCUT2D eigenvalue weighted by Gasteiger charge is -2.26. The molecule has 1 saturated heterocycles. The Labute approximate surface area is 93.5 Å². The average molecular weight is 240 g/mol. The number of rotatable bonds is 5. The first-order chi connectivity index (χ1) is 7.48. The lowest BCUT2D eigenvalue weighted by atomic mass is 9.89. The second-order valence-electron chi connectivity index (χ2n) is 4.20. The number of nitrogens with one attached hydrogen (secondary N) is 1. The molecule has 0 spiro atoms. The van der Waals surface area contributed by atoms with Gasteiger partial charge in [-0.3, -0.25) is 11.3 Å². The molecule has 1 heterocycles. The van der Waals surface area contributed by atoms with Crippen LogP contribution in [0.5, 0.6) is 0 Å². The molecule has 0 saturated carbocycles. The molecular formula is C10H19F3N2O. The normalized spacial score (nSPS) is 28.3. The molecule has 0 amide bonds. The minimum absolute atomic E-state index is 0.0184. The zero-order chi connectivity index (χ0) is 12.2. The lowest BCUT2D eigenvalue weighted by molar-refractivity contribution is -0.137. The number of hydrogen-bond acceptors (Lipinski definition) is 3. The van der Waals surface area contributed by atoms with Gasteiger partial charge in [0.2, 0.25) is 0 Å². The molecular weight excluding hydrogens is 221 g/mol. The van der Waals surface area contributed by atoms with Gasteiger partial charge in [-0.2, -0.15) is 13.2 Å². The molecule has 3 atom stereocenters. The van der Waals surface area contributed by atoms with Gasteiger partial charge < -0.3 is 4.74 Å². The van der Waals surface area contributed by atoms with Crippen LogP contribution in [0.2, 0.25) is 0 Å². The molecule has 1 rings (SSSR count). The Hall–Kier alpha value is -0.330. The van der Waals surface area contributed by atoms with Crippen LogP contribution in [-0.2, 0) is 4.74 Å². The molecule has 0 aromatic carbocycles. The van der Waals surface area contributed by atoms with E-state index in [4.69, 9.17) is 10.6 Å². The van der Waals surface area contributed by atoms with Crippen molar-refractivity contribution in [2.45, 2.75) is 50.9 Å². The van der Waals surface area contributed by atoms with Crippen molar-refractivity contribution in [2.24, 2.45) is 11.8 Å². The summed E-state index contributed by atoms with van der Waals surface area (Å²) in [4.78, 5) is 0. The van der Waals surface area contributed by atoms with Crippen LogP contribution in [0.1, 0.15) is 32.6 Å². The van der Waals surface area contributed by atoms with Crippen LogP contribution in [0.4, 0.5) is 13.2 Å². The molecule has 6 heteroatoms. The minimum atomic E-state index is -4.11. The predicted molar refractivity (Wildman–Crippen MR) is 54.5 cm³/mol. The van der Waals surface area contributed by atoms with Crippen LogP contribution >= 0.6 is 0 Å². The van der Waals surface area contributed by atoms with E-state index in [-0.39, 0.29) is 24.5 Å². The average Bonchev–Trinajstić information content (AvgIpc) is 2.65. The fourth-order valence-corrected chi connectivity index (χ4v) is 2.29. The van der Waals surface area contributed by atoms with Gasteiger partial charge in [0.1, 0.15) is 0 Å². The van der Waals surface area contributed by atoms with Crippen molar-refractivity contribution in [3.05, 3.63) is 0 Å². The van der Waals surface area contributed by atoms with Gasteiger partial charge in [0, 0.05) is 25.0 Å². The van der Waals surface area contributed by atoms with Gasteiger partial charge >= 0.3 is 6.18 Å². The molecule has 16 heavy (non-hydrogen) atoms. The van der Waals surface area contributed by atoms with E-state index in [0.717, 1.165) is 12.8 Å². The Bertz CT molecular complexity index is 211. The van der Waals surface area contributed by atoms with Crippen molar-refractivity contribution in [3.8, 4) is 0 Å². The highest BCUT2D eigenvalue weighted by molar-refractivity contribution is 4.85. The number of halogens is 3. The van der Waals surface area contributed by atoms with E-state index in [1.165, 1.54) is 0 Å². The Kier molecular flexibility index (Phi) is 5.01. The highest BCUT2D eigenvalue weighted by Gasteiger charge is 2.36. The molecule has 1 aliphatic rings. The van der Waals surface area contributed by atoms with Crippen LogP contribution in [0.3, 0.4) is 0 Å². The summed E-state index contributed by atoms with van der Waals surface area (Å²) in [5.74, 6) is 5.42. The molecule has 1 fully saturated rings. The lowest BCUT2D eigenvalue weighted by Crippen LogP contribution is -2.44. The van der Waals surface area contributed by atoms with Crippen molar-refractivity contribution in [3.63, 3.8) is 0 Å². The van der Waals surface area contributed by atoms with Crippen LogP contribution in [-0.4, -0.2) is 24.9 Å². The Morgan fingerprint density at radius 2 is 2.19 bits per heavy atom. The Morgan fingerprint density at radius 3 is 2.69 bits per heavy atom. The van der Waals surface area contributed by atoms with Crippen molar-refractivity contribution < 1.29 is 17.9 Å². The molecule has 0 bridgehead atoms. The third-order valence-corrected chi connectivity index (χ3v) is 3.13. The summed E-state index contributed by atoms with van der Waals surface area (Å²) in [5.41, 5.74) is 2.50. The SMILES string of the molecule is CCC1OCCC1C(CCC(F)(F)F)NN. The van der Waals surface area contributed by atoms with Gasteiger partial charge in [-0.05, 0) is 19.3 Å². The number of nitrogens with two attached hydrogens (primary N) is 1.